The second-order valence-electron chi connectivity index (χ2n) is 5.00. The van der Waals surface area contributed by atoms with E-state index in [0.717, 1.165) is 13.1 Å². The smallest absolute Gasteiger partial charge is 0.315 e. The Kier molecular flexibility index (Phi) is 4.55. The molecule has 0 amide bonds. The van der Waals surface area contributed by atoms with E-state index in [0.29, 0.717) is 18.5 Å². The fraction of sp³-hybridized carbons (Fsp3) is 0.538. The molecule has 2 rings (SSSR count). The van der Waals surface area contributed by atoms with E-state index >= 15 is 0 Å². The maximum Gasteiger partial charge on any atom is 0.315 e. The van der Waals surface area contributed by atoms with Crippen LogP contribution in [0.1, 0.15) is 31.5 Å². The van der Waals surface area contributed by atoms with Gasteiger partial charge in [-0.25, -0.2) is 0 Å². The first kappa shape index (κ1) is 14.0. The molecule has 0 spiro atoms. The van der Waals surface area contributed by atoms with Crippen LogP contribution < -0.4 is 10.6 Å². The van der Waals surface area contributed by atoms with Crippen LogP contribution in [0.2, 0.25) is 0 Å². The number of anilines is 1. The molecular formula is C13H20N4OS. The Morgan fingerprint density at radius 1 is 1.37 bits per heavy atom. The molecule has 2 aromatic rings. The van der Waals surface area contributed by atoms with Crippen molar-refractivity contribution < 1.29 is 4.42 Å². The fourth-order valence-electron chi connectivity index (χ4n) is 1.68. The number of hydrogen-bond donors (Lipinski definition) is 2. The first-order valence-electron chi connectivity index (χ1n) is 6.43. The van der Waals surface area contributed by atoms with Gasteiger partial charge in [0.25, 0.3) is 0 Å². The van der Waals surface area contributed by atoms with E-state index in [1.807, 2.05) is 6.92 Å². The van der Waals surface area contributed by atoms with Crippen LogP contribution >= 0.6 is 11.3 Å². The van der Waals surface area contributed by atoms with Crippen molar-refractivity contribution in [1.29, 1.82) is 0 Å². The van der Waals surface area contributed by atoms with Crippen molar-refractivity contribution >= 4 is 17.4 Å². The van der Waals surface area contributed by atoms with Crippen molar-refractivity contribution in [3.8, 4) is 0 Å². The molecule has 0 aliphatic heterocycles. The number of nitrogens with one attached hydrogen (secondary N) is 2. The third-order valence-electron chi connectivity index (χ3n) is 2.86. The van der Waals surface area contributed by atoms with Crippen LogP contribution in [0.25, 0.3) is 0 Å². The van der Waals surface area contributed by atoms with Crippen LogP contribution in [-0.2, 0) is 12.0 Å². The van der Waals surface area contributed by atoms with Gasteiger partial charge in [0.2, 0.25) is 5.89 Å². The lowest BCUT2D eigenvalue weighted by molar-refractivity contribution is 0.473. The summed E-state index contributed by atoms with van der Waals surface area (Å²) in [6.07, 6.45) is 0. The van der Waals surface area contributed by atoms with Gasteiger partial charge < -0.3 is 15.1 Å². The van der Waals surface area contributed by atoms with Crippen LogP contribution in [0.3, 0.4) is 0 Å². The van der Waals surface area contributed by atoms with Gasteiger partial charge in [-0.15, -0.1) is 16.4 Å². The molecule has 0 aromatic carbocycles. The molecule has 0 bridgehead atoms. The van der Waals surface area contributed by atoms with E-state index in [2.05, 4.69) is 52.2 Å². The molecule has 2 aromatic heterocycles. The normalized spacial score (nSPS) is 11.7. The molecule has 0 radical (unpaired) electrons. The summed E-state index contributed by atoms with van der Waals surface area (Å²) in [7, 11) is 0. The summed E-state index contributed by atoms with van der Waals surface area (Å²) >= 11 is 1.76. The minimum Gasteiger partial charge on any atom is -0.407 e. The predicted octanol–water partition coefficient (Wildman–Crippen LogP) is 2.63. The van der Waals surface area contributed by atoms with Crippen LogP contribution in [0, 0.1) is 0 Å². The van der Waals surface area contributed by atoms with Crippen molar-refractivity contribution in [3.63, 3.8) is 0 Å². The van der Waals surface area contributed by atoms with Gasteiger partial charge >= 0.3 is 6.01 Å². The molecule has 5 nitrogen and oxygen atoms in total. The molecule has 19 heavy (non-hydrogen) atoms. The van der Waals surface area contributed by atoms with Crippen molar-refractivity contribution in [1.82, 2.24) is 15.5 Å². The number of aromatic nitrogens is 2. The Bertz CT molecular complexity index is 492. The van der Waals surface area contributed by atoms with E-state index < -0.39 is 0 Å². The molecule has 0 aliphatic rings. The van der Waals surface area contributed by atoms with Gasteiger partial charge in [0.1, 0.15) is 0 Å². The second kappa shape index (κ2) is 6.16. The minimum atomic E-state index is 0.0461. The Labute approximate surface area is 117 Å². The van der Waals surface area contributed by atoms with Gasteiger partial charge in [0.15, 0.2) is 0 Å². The third-order valence-corrected chi connectivity index (χ3v) is 4.10. The molecule has 2 heterocycles. The highest BCUT2D eigenvalue weighted by molar-refractivity contribution is 7.10. The van der Waals surface area contributed by atoms with Crippen LogP contribution in [0.5, 0.6) is 0 Å². The summed E-state index contributed by atoms with van der Waals surface area (Å²) in [6, 6.07) is 4.71. The van der Waals surface area contributed by atoms with Crippen molar-refractivity contribution in [2.75, 3.05) is 18.4 Å². The molecule has 0 unspecified atom stereocenters. The zero-order valence-corrected chi connectivity index (χ0v) is 12.4. The number of rotatable bonds is 7. The summed E-state index contributed by atoms with van der Waals surface area (Å²) in [5.74, 6) is 0.610. The molecule has 0 saturated carbocycles. The van der Waals surface area contributed by atoms with Crippen LogP contribution in [-0.4, -0.2) is 23.3 Å². The summed E-state index contributed by atoms with van der Waals surface area (Å²) in [5.41, 5.74) is 0.0461. The maximum atomic E-state index is 5.51. The topological polar surface area (TPSA) is 63.0 Å². The summed E-state index contributed by atoms with van der Waals surface area (Å²) in [4.78, 5) is 1.34. The fourth-order valence-corrected chi connectivity index (χ4v) is 2.53. The lowest BCUT2D eigenvalue weighted by atomic mass is 9.91. The lowest BCUT2D eigenvalue weighted by Crippen LogP contribution is -2.26. The third kappa shape index (κ3) is 3.78. The number of hydrogen-bond acceptors (Lipinski definition) is 6. The van der Waals surface area contributed by atoms with Gasteiger partial charge in [0.05, 0.1) is 6.54 Å². The average molecular weight is 280 g/mol. The minimum absolute atomic E-state index is 0.0461. The predicted molar refractivity (Wildman–Crippen MR) is 77.5 cm³/mol. The van der Waals surface area contributed by atoms with E-state index in [1.54, 1.807) is 11.3 Å². The first-order chi connectivity index (χ1) is 9.12. The maximum absolute atomic E-state index is 5.51. The zero-order chi connectivity index (χ0) is 13.7. The second-order valence-corrected chi connectivity index (χ2v) is 5.94. The molecule has 2 N–H and O–H groups in total. The van der Waals surface area contributed by atoms with Gasteiger partial charge in [0, 0.05) is 16.8 Å². The highest BCUT2D eigenvalue weighted by Crippen LogP contribution is 2.27. The molecule has 0 aliphatic carbocycles. The van der Waals surface area contributed by atoms with E-state index in [-0.39, 0.29) is 5.41 Å². The number of nitrogens with zero attached hydrogens (tertiary/aromatic N) is 2. The summed E-state index contributed by atoms with van der Waals surface area (Å²) in [6.45, 7) is 8.69. The van der Waals surface area contributed by atoms with E-state index in [1.165, 1.54) is 4.88 Å². The van der Waals surface area contributed by atoms with Gasteiger partial charge in [-0.3, -0.25) is 0 Å². The average Bonchev–Trinajstić information content (AvgIpc) is 3.05. The van der Waals surface area contributed by atoms with Gasteiger partial charge in [-0.2, -0.15) is 0 Å². The van der Waals surface area contributed by atoms with Crippen molar-refractivity contribution in [2.24, 2.45) is 0 Å². The quantitative estimate of drug-likeness (QED) is 0.816. The molecule has 0 saturated heterocycles. The zero-order valence-electron chi connectivity index (χ0n) is 11.6. The van der Waals surface area contributed by atoms with E-state index in [4.69, 9.17) is 4.42 Å². The molecular weight excluding hydrogens is 260 g/mol. The SMILES string of the molecule is CCNCc1nnc(NCC(C)(C)c2cccs2)o1. The van der Waals surface area contributed by atoms with E-state index in [9.17, 15) is 0 Å². The highest BCUT2D eigenvalue weighted by Gasteiger charge is 2.22. The monoisotopic (exact) mass is 280 g/mol. The largest absolute Gasteiger partial charge is 0.407 e. The number of thiophene rings is 1. The van der Waals surface area contributed by atoms with Crippen molar-refractivity contribution in [2.45, 2.75) is 32.7 Å². The Morgan fingerprint density at radius 3 is 2.89 bits per heavy atom. The first-order valence-corrected chi connectivity index (χ1v) is 7.31. The Morgan fingerprint density at radius 2 is 2.21 bits per heavy atom. The van der Waals surface area contributed by atoms with Crippen LogP contribution in [0.4, 0.5) is 6.01 Å². The lowest BCUT2D eigenvalue weighted by Gasteiger charge is -2.22. The summed E-state index contributed by atoms with van der Waals surface area (Å²) in [5, 5.41) is 16.4. The Balaban J connectivity index is 1.90. The molecule has 104 valence electrons. The van der Waals surface area contributed by atoms with Crippen molar-refractivity contribution in [3.05, 3.63) is 28.3 Å². The summed E-state index contributed by atoms with van der Waals surface area (Å²) < 4.78 is 5.51. The molecule has 0 atom stereocenters. The molecule has 6 heteroatoms. The standard InChI is InChI=1S/C13H20N4OS/c1-4-14-8-11-16-17-12(18-11)15-9-13(2,3)10-6-5-7-19-10/h5-7,14H,4,8-9H2,1-3H3,(H,15,17). The van der Waals surface area contributed by atoms with Crippen LogP contribution in [0.15, 0.2) is 21.9 Å². The Hall–Kier alpha value is -1.40. The van der Waals surface area contributed by atoms with Gasteiger partial charge in [-0.05, 0) is 18.0 Å². The molecule has 0 fully saturated rings. The highest BCUT2D eigenvalue weighted by atomic mass is 32.1. The van der Waals surface area contributed by atoms with Gasteiger partial charge in [-0.1, -0.05) is 31.9 Å².